The van der Waals surface area contributed by atoms with Gasteiger partial charge < -0.3 is 9.15 Å². The number of benzene rings is 2. The fourth-order valence-electron chi connectivity index (χ4n) is 4.85. The summed E-state index contributed by atoms with van der Waals surface area (Å²) in [6, 6.07) is 19.9. The van der Waals surface area contributed by atoms with Crippen molar-refractivity contribution in [2.75, 3.05) is 7.11 Å². The minimum Gasteiger partial charge on any atom is -0.496 e. The van der Waals surface area contributed by atoms with Crippen LogP contribution in [0.5, 0.6) is 5.75 Å². The molecule has 2 aliphatic rings. The molecule has 0 N–H and O–H groups in total. The third kappa shape index (κ3) is 3.21. The van der Waals surface area contributed by atoms with Crippen LogP contribution in [0.4, 0.5) is 0 Å². The summed E-state index contributed by atoms with van der Waals surface area (Å²) in [5.74, 6) is 2.25. The van der Waals surface area contributed by atoms with E-state index in [9.17, 15) is 4.79 Å². The molecule has 1 unspecified atom stereocenters. The maximum atomic E-state index is 13.7. The van der Waals surface area contributed by atoms with Gasteiger partial charge in [-0.25, -0.2) is 4.99 Å². The van der Waals surface area contributed by atoms with Crippen molar-refractivity contribution in [1.29, 1.82) is 0 Å². The maximum Gasteiger partial charge on any atom is 0.271 e. The number of allylic oxidation sites excluding steroid dienone is 1. The fourth-order valence-corrected chi connectivity index (χ4v) is 5.83. The van der Waals surface area contributed by atoms with E-state index in [4.69, 9.17) is 14.1 Å². The smallest absolute Gasteiger partial charge is 0.271 e. The first-order valence-electron chi connectivity index (χ1n) is 11.0. The Kier molecular flexibility index (Phi) is 4.69. The number of para-hydroxylation sites is 1. The second kappa shape index (κ2) is 7.74. The zero-order valence-corrected chi connectivity index (χ0v) is 19.2. The lowest BCUT2D eigenvalue weighted by atomic mass is 9.83. The van der Waals surface area contributed by atoms with E-state index in [1.54, 1.807) is 7.11 Å². The summed E-state index contributed by atoms with van der Waals surface area (Å²) in [5, 5.41) is 0. The summed E-state index contributed by atoms with van der Waals surface area (Å²) in [7, 11) is 1.67. The quantitative estimate of drug-likeness (QED) is 0.466. The monoisotopic (exact) mass is 454 g/mol. The predicted octanol–water partition coefficient (Wildman–Crippen LogP) is 4.23. The molecular formula is C27H22N2O3S. The van der Waals surface area contributed by atoms with E-state index < -0.39 is 0 Å². The predicted molar refractivity (Wildman–Crippen MR) is 129 cm³/mol. The van der Waals surface area contributed by atoms with E-state index in [0.29, 0.717) is 15.1 Å². The van der Waals surface area contributed by atoms with Gasteiger partial charge in [0, 0.05) is 17.2 Å². The number of rotatable bonds is 3. The van der Waals surface area contributed by atoms with Crippen LogP contribution in [-0.4, -0.2) is 11.7 Å². The van der Waals surface area contributed by atoms with Crippen LogP contribution in [0.2, 0.25) is 0 Å². The standard InChI is InChI=1S/C27H22N2O3S/c1-16-11-13-18(32-16)15-23-26(30)29-25(20-9-5-6-10-22(20)31-2)21-14-12-17-7-3-4-8-19(17)24(21)28-27(29)33-23/h3-11,13,15,25H,12,14H2,1-2H3/b23-15-. The van der Waals surface area contributed by atoms with Crippen molar-refractivity contribution in [1.82, 2.24) is 4.57 Å². The van der Waals surface area contributed by atoms with Gasteiger partial charge in [0.2, 0.25) is 0 Å². The topological polar surface area (TPSA) is 56.7 Å². The van der Waals surface area contributed by atoms with Crippen molar-refractivity contribution in [2.24, 2.45) is 4.99 Å². The molecule has 0 saturated heterocycles. The third-order valence-electron chi connectivity index (χ3n) is 6.34. The number of thiazole rings is 1. The molecule has 0 saturated carbocycles. The molecule has 0 spiro atoms. The van der Waals surface area contributed by atoms with Crippen LogP contribution in [-0.2, 0) is 6.42 Å². The van der Waals surface area contributed by atoms with Crippen molar-refractivity contribution >= 4 is 23.1 Å². The summed E-state index contributed by atoms with van der Waals surface area (Å²) in [6.07, 6.45) is 3.58. The molecule has 1 aliphatic carbocycles. The van der Waals surface area contributed by atoms with Crippen molar-refractivity contribution in [3.05, 3.63) is 114 Å². The van der Waals surface area contributed by atoms with Gasteiger partial charge in [-0.2, -0.15) is 0 Å². The number of nitrogens with zero attached hydrogens (tertiary/aromatic N) is 2. The molecule has 1 aliphatic heterocycles. The molecule has 0 bridgehead atoms. The van der Waals surface area contributed by atoms with Gasteiger partial charge in [-0.1, -0.05) is 53.8 Å². The van der Waals surface area contributed by atoms with E-state index in [2.05, 4.69) is 24.3 Å². The molecule has 6 rings (SSSR count). The lowest BCUT2D eigenvalue weighted by Gasteiger charge is -2.31. The Balaban J connectivity index is 1.66. The van der Waals surface area contributed by atoms with Crippen molar-refractivity contribution in [2.45, 2.75) is 25.8 Å². The van der Waals surface area contributed by atoms with Crippen molar-refractivity contribution < 1.29 is 9.15 Å². The molecule has 0 fully saturated rings. The first kappa shape index (κ1) is 20.0. The van der Waals surface area contributed by atoms with E-state index >= 15 is 0 Å². The van der Waals surface area contributed by atoms with Crippen LogP contribution in [0.15, 0.2) is 80.4 Å². The number of hydrogen-bond acceptors (Lipinski definition) is 5. The molecule has 2 aromatic heterocycles. The maximum absolute atomic E-state index is 13.7. The van der Waals surface area contributed by atoms with Gasteiger partial charge >= 0.3 is 0 Å². The summed E-state index contributed by atoms with van der Waals surface area (Å²) in [5.41, 5.74) is 5.50. The summed E-state index contributed by atoms with van der Waals surface area (Å²) in [4.78, 5) is 19.4. The molecule has 6 heteroatoms. The number of methoxy groups -OCH3 is 1. The molecule has 5 nitrogen and oxygen atoms in total. The Morgan fingerprint density at radius 1 is 1.09 bits per heavy atom. The first-order chi connectivity index (χ1) is 16.1. The van der Waals surface area contributed by atoms with Gasteiger partial charge in [0.15, 0.2) is 4.80 Å². The Bertz CT molecular complexity index is 1600. The van der Waals surface area contributed by atoms with Crippen LogP contribution in [0, 0.1) is 6.92 Å². The first-order valence-corrected chi connectivity index (χ1v) is 11.8. The Hall–Kier alpha value is -3.64. The number of furan rings is 1. The van der Waals surface area contributed by atoms with Gasteiger partial charge in [-0.05, 0) is 49.1 Å². The highest BCUT2D eigenvalue weighted by Gasteiger charge is 2.33. The summed E-state index contributed by atoms with van der Waals surface area (Å²) in [6.45, 7) is 1.89. The van der Waals surface area contributed by atoms with Crippen LogP contribution >= 0.6 is 11.3 Å². The van der Waals surface area contributed by atoms with Gasteiger partial charge in [-0.3, -0.25) is 9.36 Å². The number of hydrogen-bond donors (Lipinski definition) is 0. The molecule has 0 radical (unpaired) electrons. The largest absolute Gasteiger partial charge is 0.496 e. The van der Waals surface area contributed by atoms with Gasteiger partial charge in [-0.15, -0.1) is 0 Å². The zero-order chi connectivity index (χ0) is 22.5. The Morgan fingerprint density at radius 2 is 1.91 bits per heavy atom. The Labute approximate surface area is 194 Å². The van der Waals surface area contributed by atoms with E-state index in [0.717, 1.165) is 46.7 Å². The summed E-state index contributed by atoms with van der Waals surface area (Å²) < 4.78 is 13.9. The average molecular weight is 455 g/mol. The third-order valence-corrected chi connectivity index (χ3v) is 7.32. The molecule has 33 heavy (non-hydrogen) atoms. The van der Waals surface area contributed by atoms with Crippen LogP contribution < -0.4 is 19.6 Å². The minimum atomic E-state index is -0.263. The number of aromatic nitrogens is 1. The highest BCUT2D eigenvalue weighted by atomic mass is 32.1. The molecule has 2 aromatic carbocycles. The van der Waals surface area contributed by atoms with Crippen LogP contribution in [0.25, 0.3) is 11.8 Å². The lowest BCUT2D eigenvalue weighted by Crippen LogP contribution is -2.38. The molecule has 3 heterocycles. The average Bonchev–Trinajstić information content (AvgIpc) is 3.40. The number of fused-ring (bicyclic) bond motifs is 3. The van der Waals surface area contributed by atoms with Crippen molar-refractivity contribution in [3.8, 4) is 5.75 Å². The second-order valence-electron chi connectivity index (χ2n) is 8.30. The molecule has 0 amide bonds. The lowest BCUT2D eigenvalue weighted by molar-refractivity contribution is 0.402. The number of aryl methyl sites for hydroxylation is 2. The van der Waals surface area contributed by atoms with E-state index in [1.165, 1.54) is 16.9 Å². The van der Waals surface area contributed by atoms with Crippen LogP contribution in [0.1, 0.15) is 40.7 Å². The van der Waals surface area contributed by atoms with E-state index in [1.807, 2.05) is 54.0 Å². The van der Waals surface area contributed by atoms with E-state index in [-0.39, 0.29) is 11.6 Å². The zero-order valence-electron chi connectivity index (χ0n) is 18.4. The highest BCUT2D eigenvalue weighted by Crippen LogP contribution is 2.43. The molecular weight excluding hydrogens is 432 g/mol. The van der Waals surface area contributed by atoms with Gasteiger partial charge in [0.25, 0.3) is 5.56 Å². The SMILES string of the molecule is COc1ccccc1C1C2=C(N=c3s/c(=C\c4ccc(C)o4)c(=O)n31)c1ccccc1CC2. The van der Waals surface area contributed by atoms with Gasteiger partial charge in [0.1, 0.15) is 17.3 Å². The van der Waals surface area contributed by atoms with Gasteiger partial charge in [0.05, 0.1) is 23.4 Å². The second-order valence-corrected chi connectivity index (χ2v) is 9.31. The number of ether oxygens (including phenoxy) is 1. The molecule has 1 atom stereocenters. The molecule has 4 aromatic rings. The Morgan fingerprint density at radius 3 is 2.73 bits per heavy atom. The fraction of sp³-hybridized carbons (Fsp3) is 0.185. The summed E-state index contributed by atoms with van der Waals surface area (Å²) >= 11 is 1.40. The van der Waals surface area contributed by atoms with Crippen molar-refractivity contribution in [3.63, 3.8) is 0 Å². The minimum absolute atomic E-state index is 0.0610. The highest BCUT2D eigenvalue weighted by molar-refractivity contribution is 7.07. The van der Waals surface area contributed by atoms with Crippen LogP contribution in [0.3, 0.4) is 0 Å². The normalized spacial score (nSPS) is 17.3. The molecule has 164 valence electrons.